The molecule has 0 spiro atoms. The summed E-state index contributed by atoms with van der Waals surface area (Å²) in [6.07, 6.45) is 0.811. The Morgan fingerprint density at radius 3 is 2.80 bits per heavy atom. The van der Waals surface area contributed by atoms with Crippen molar-refractivity contribution in [2.75, 3.05) is 0 Å². The summed E-state index contributed by atoms with van der Waals surface area (Å²) in [5.41, 5.74) is 0.750. The largest absolute Gasteiger partial charge is 0.263 e. The SMILES string of the molecule is CCc1nc(-c2cc(Cl)ccc2Cl)n[nH]1. The first-order valence-corrected chi connectivity index (χ1v) is 5.33. The van der Waals surface area contributed by atoms with E-state index in [1.54, 1.807) is 18.2 Å². The van der Waals surface area contributed by atoms with E-state index in [-0.39, 0.29) is 0 Å². The number of aryl methyl sites for hydroxylation is 1. The van der Waals surface area contributed by atoms with Crippen LogP contribution in [0.1, 0.15) is 12.7 Å². The van der Waals surface area contributed by atoms with E-state index in [2.05, 4.69) is 15.2 Å². The molecule has 1 aromatic heterocycles. The number of hydrogen-bond acceptors (Lipinski definition) is 2. The second-order valence-corrected chi connectivity index (χ2v) is 3.93. The zero-order chi connectivity index (χ0) is 10.8. The van der Waals surface area contributed by atoms with E-state index in [0.717, 1.165) is 17.8 Å². The van der Waals surface area contributed by atoms with Crippen molar-refractivity contribution in [3.63, 3.8) is 0 Å². The molecule has 2 rings (SSSR count). The van der Waals surface area contributed by atoms with E-state index in [0.29, 0.717) is 15.9 Å². The van der Waals surface area contributed by atoms with Crippen molar-refractivity contribution in [2.24, 2.45) is 0 Å². The van der Waals surface area contributed by atoms with Crippen LogP contribution in [-0.2, 0) is 6.42 Å². The molecule has 3 nitrogen and oxygen atoms in total. The Bertz CT molecular complexity index is 479. The number of nitrogens with one attached hydrogen (secondary N) is 1. The fourth-order valence-electron chi connectivity index (χ4n) is 1.24. The van der Waals surface area contributed by atoms with Crippen LogP contribution >= 0.6 is 23.2 Å². The molecule has 0 aliphatic heterocycles. The maximum absolute atomic E-state index is 6.03. The fraction of sp³-hybridized carbons (Fsp3) is 0.200. The molecule has 15 heavy (non-hydrogen) atoms. The molecule has 0 atom stereocenters. The van der Waals surface area contributed by atoms with Crippen molar-refractivity contribution in [1.82, 2.24) is 15.2 Å². The molecule has 1 heterocycles. The Balaban J connectivity index is 2.48. The summed E-state index contributed by atoms with van der Waals surface area (Å²) in [6, 6.07) is 5.23. The Labute approximate surface area is 97.4 Å². The van der Waals surface area contributed by atoms with Gasteiger partial charge in [0.2, 0.25) is 0 Å². The molecule has 0 saturated carbocycles. The summed E-state index contributed by atoms with van der Waals surface area (Å²) in [5.74, 6) is 1.42. The summed E-state index contributed by atoms with van der Waals surface area (Å²) in [4.78, 5) is 4.29. The third kappa shape index (κ3) is 2.13. The van der Waals surface area contributed by atoms with Gasteiger partial charge >= 0.3 is 0 Å². The van der Waals surface area contributed by atoms with Gasteiger partial charge in [-0.1, -0.05) is 30.1 Å². The van der Waals surface area contributed by atoms with Gasteiger partial charge < -0.3 is 0 Å². The highest BCUT2D eigenvalue weighted by atomic mass is 35.5. The molecule has 0 radical (unpaired) electrons. The van der Waals surface area contributed by atoms with Gasteiger partial charge in [0.25, 0.3) is 0 Å². The van der Waals surface area contributed by atoms with Crippen molar-refractivity contribution in [1.29, 1.82) is 0 Å². The standard InChI is InChI=1S/C10H9Cl2N3/c1-2-9-13-10(15-14-9)7-5-6(11)3-4-8(7)12/h3-5H,2H2,1H3,(H,13,14,15). The van der Waals surface area contributed by atoms with Gasteiger partial charge in [0.05, 0.1) is 5.02 Å². The minimum atomic E-state index is 0.583. The second kappa shape index (κ2) is 4.21. The highest BCUT2D eigenvalue weighted by Crippen LogP contribution is 2.27. The van der Waals surface area contributed by atoms with E-state index < -0.39 is 0 Å². The van der Waals surface area contributed by atoms with Gasteiger partial charge in [-0.2, -0.15) is 5.10 Å². The molecule has 0 amide bonds. The van der Waals surface area contributed by atoms with Crippen molar-refractivity contribution < 1.29 is 0 Å². The average molecular weight is 242 g/mol. The summed E-state index contributed by atoms with van der Waals surface area (Å²) in [7, 11) is 0. The number of hydrogen-bond donors (Lipinski definition) is 1. The molecule has 0 aliphatic rings. The number of nitrogens with zero attached hydrogens (tertiary/aromatic N) is 2. The van der Waals surface area contributed by atoms with Gasteiger partial charge in [0.15, 0.2) is 5.82 Å². The first-order valence-electron chi connectivity index (χ1n) is 4.57. The summed E-state index contributed by atoms with van der Waals surface area (Å²) in [5, 5.41) is 8.14. The molecule has 0 aliphatic carbocycles. The minimum absolute atomic E-state index is 0.583. The molecule has 1 N–H and O–H groups in total. The van der Waals surface area contributed by atoms with Crippen LogP contribution in [0.25, 0.3) is 11.4 Å². The van der Waals surface area contributed by atoms with E-state index in [9.17, 15) is 0 Å². The van der Waals surface area contributed by atoms with Gasteiger partial charge in [-0.15, -0.1) is 0 Å². The zero-order valence-electron chi connectivity index (χ0n) is 8.09. The maximum Gasteiger partial charge on any atom is 0.182 e. The zero-order valence-corrected chi connectivity index (χ0v) is 9.60. The smallest absolute Gasteiger partial charge is 0.182 e. The maximum atomic E-state index is 6.03. The topological polar surface area (TPSA) is 41.6 Å². The number of benzene rings is 1. The van der Waals surface area contributed by atoms with Crippen molar-refractivity contribution in [2.45, 2.75) is 13.3 Å². The van der Waals surface area contributed by atoms with Crippen molar-refractivity contribution >= 4 is 23.2 Å². The Hall–Kier alpha value is -1.06. The number of halogens is 2. The number of H-pyrrole nitrogens is 1. The van der Waals surface area contributed by atoms with Crippen molar-refractivity contribution in [3.8, 4) is 11.4 Å². The first-order chi connectivity index (χ1) is 7.20. The number of rotatable bonds is 2. The molecule has 0 bridgehead atoms. The van der Waals surface area contributed by atoms with Gasteiger partial charge in [0, 0.05) is 17.0 Å². The molecule has 0 unspecified atom stereocenters. The first kappa shape index (κ1) is 10.5. The lowest BCUT2D eigenvalue weighted by atomic mass is 10.2. The van der Waals surface area contributed by atoms with Crippen LogP contribution in [0, 0.1) is 0 Å². The molecular formula is C10H9Cl2N3. The molecule has 0 saturated heterocycles. The van der Waals surface area contributed by atoms with Crippen LogP contribution in [-0.4, -0.2) is 15.2 Å². The minimum Gasteiger partial charge on any atom is -0.263 e. The lowest BCUT2D eigenvalue weighted by Gasteiger charge is -1.99. The molecule has 5 heteroatoms. The predicted molar refractivity (Wildman–Crippen MR) is 61.2 cm³/mol. The molecule has 0 fully saturated rings. The third-order valence-corrected chi connectivity index (χ3v) is 2.60. The van der Waals surface area contributed by atoms with Crippen LogP contribution in [0.3, 0.4) is 0 Å². The highest BCUT2D eigenvalue weighted by molar-refractivity contribution is 6.35. The van der Waals surface area contributed by atoms with Crippen molar-refractivity contribution in [3.05, 3.63) is 34.1 Å². The summed E-state index contributed by atoms with van der Waals surface area (Å²) < 4.78 is 0. The van der Waals surface area contributed by atoms with E-state index in [1.165, 1.54) is 0 Å². The second-order valence-electron chi connectivity index (χ2n) is 3.08. The van der Waals surface area contributed by atoms with Crippen LogP contribution in [0.2, 0.25) is 10.0 Å². The van der Waals surface area contributed by atoms with E-state index in [4.69, 9.17) is 23.2 Å². The lowest BCUT2D eigenvalue weighted by molar-refractivity contribution is 0.946. The molecule has 78 valence electrons. The van der Waals surface area contributed by atoms with Gasteiger partial charge in [0.1, 0.15) is 5.82 Å². The van der Waals surface area contributed by atoms with E-state index in [1.807, 2.05) is 6.92 Å². The van der Waals surface area contributed by atoms with E-state index >= 15 is 0 Å². The quantitative estimate of drug-likeness (QED) is 0.877. The fourth-order valence-corrected chi connectivity index (χ4v) is 1.62. The number of aromatic nitrogens is 3. The monoisotopic (exact) mass is 241 g/mol. The average Bonchev–Trinajstić information content (AvgIpc) is 2.70. The Morgan fingerprint density at radius 1 is 1.33 bits per heavy atom. The molecule has 2 aromatic rings. The summed E-state index contributed by atoms with van der Waals surface area (Å²) >= 11 is 11.9. The van der Waals surface area contributed by atoms with Crippen LogP contribution in [0.4, 0.5) is 0 Å². The van der Waals surface area contributed by atoms with Crippen LogP contribution in [0.5, 0.6) is 0 Å². The molecular weight excluding hydrogens is 233 g/mol. The molecule has 1 aromatic carbocycles. The normalized spacial score (nSPS) is 10.6. The van der Waals surface area contributed by atoms with Gasteiger partial charge in [-0.3, -0.25) is 5.10 Å². The lowest BCUT2D eigenvalue weighted by Crippen LogP contribution is -1.83. The Morgan fingerprint density at radius 2 is 2.13 bits per heavy atom. The highest BCUT2D eigenvalue weighted by Gasteiger charge is 2.09. The predicted octanol–water partition coefficient (Wildman–Crippen LogP) is 3.34. The van der Waals surface area contributed by atoms with Crippen LogP contribution < -0.4 is 0 Å². The summed E-state index contributed by atoms with van der Waals surface area (Å²) in [6.45, 7) is 2.00. The Kier molecular flexibility index (Phi) is 2.93. The van der Waals surface area contributed by atoms with Crippen LogP contribution in [0.15, 0.2) is 18.2 Å². The third-order valence-electron chi connectivity index (χ3n) is 2.04. The van der Waals surface area contributed by atoms with Gasteiger partial charge in [-0.25, -0.2) is 4.98 Å². The number of aromatic amines is 1. The van der Waals surface area contributed by atoms with Gasteiger partial charge in [-0.05, 0) is 18.2 Å².